The van der Waals surface area contributed by atoms with Crippen LogP contribution >= 0.6 is 7.60 Å². The predicted molar refractivity (Wildman–Crippen MR) is 109 cm³/mol. The van der Waals surface area contributed by atoms with Crippen LogP contribution in [0, 0.1) is 0 Å². The summed E-state index contributed by atoms with van der Waals surface area (Å²) in [6.07, 6.45) is -5.36. The van der Waals surface area contributed by atoms with E-state index in [9.17, 15) is 24.1 Å². The van der Waals surface area contributed by atoms with Crippen molar-refractivity contribution in [1.82, 2.24) is 0 Å². The molecule has 1 saturated heterocycles. The Morgan fingerprint density at radius 3 is 2.22 bits per heavy atom. The number of ether oxygens (including phenoxy) is 4. The lowest BCUT2D eigenvalue weighted by atomic mass is 9.94. The molecule has 0 aromatic heterocycles. The smallest absolute Gasteiger partial charge is 0.356 e. The van der Waals surface area contributed by atoms with Crippen LogP contribution in [0.25, 0.3) is 0 Å². The van der Waals surface area contributed by atoms with Crippen molar-refractivity contribution in [2.75, 3.05) is 19.6 Å². The molecule has 11 nitrogen and oxygen atoms in total. The number of benzene rings is 1. The summed E-state index contributed by atoms with van der Waals surface area (Å²) in [5.74, 6) is -3.12. The Morgan fingerprint density at radius 2 is 1.72 bits per heavy atom. The Labute approximate surface area is 185 Å². The van der Waals surface area contributed by atoms with Gasteiger partial charge in [0.05, 0.1) is 18.8 Å². The maximum atomic E-state index is 12.7. The molecule has 12 heteroatoms. The first-order valence-electron chi connectivity index (χ1n) is 9.90. The lowest BCUT2D eigenvalue weighted by molar-refractivity contribution is -0.187. The summed E-state index contributed by atoms with van der Waals surface area (Å²) < 4.78 is 44.6. The predicted octanol–water partition coefficient (Wildman–Crippen LogP) is 2.58. The molecule has 1 heterocycles. The molecule has 1 aromatic rings. The molecule has 1 aromatic carbocycles. The van der Waals surface area contributed by atoms with E-state index in [2.05, 4.69) is 0 Å². The number of aliphatic carboxylic acids is 1. The fraction of sp³-hybridized carbons (Fsp3) is 0.550. The fourth-order valence-corrected chi connectivity index (χ4v) is 4.50. The highest BCUT2D eigenvalue weighted by Gasteiger charge is 2.63. The van der Waals surface area contributed by atoms with E-state index < -0.39 is 56.0 Å². The number of hydrogen-bond donors (Lipinski definition) is 1. The lowest BCUT2D eigenvalue weighted by Crippen LogP contribution is -2.53. The van der Waals surface area contributed by atoms with Crippen LogP contribution in [-0.2, 0) is 42.1 Å². The highest BCUT2D eigenvalue weighted by atomic mass is 31.2. The Morgan fingerprint density at radius 1 is 1.12 bits per heavy atom. The van der Waals surface area contributed by atoms with Gasteiger partial charge >= 0.3 is 25.5 Å². The van der Waals surface area contributed by atoms with Crippen molar-refractivity contribution in [2.45, 2.75) is 51.8 Å². The third-order valence-electron chi connectivity index (χ3n) is 4.49. The van der Waals surface area contributed by atoms with Crippen LogP contribution < -0.4 is 0 Å². The van der Waals surface area contributed by atoms with Crippen molar-refractivity contribution < 1.29 is 52.1 Å². The van der Waals surface area contributed by atoms with E-state index in [-0.39, 0.29) is 18.8 Å². The van der Waals surface area contributed by atoms with Crippen molar-refractivity contribution in [2.24, 2.45) is 0 Å². The van der Waals surface area contributed by atoms with E-state index in [0.29, 0.717) is 0 Å². The Bertz CT molecular complexity index is 848. The van der Waals surface area contributed by atoms with E-state index in [1.165, 1.54) is 19.1 Å². The van der Waals surface area contributed by atoms with E-state index >= 15 is 0 Å². The first-order valence-corrected chi connectivity index (χ1v) is 11.6. The van der Waals surface area contributed by atoms with Gasteiger partial charge in [0, 0.05) is 6.92 Å². The van der Waals surface area contributed by atoms with Gasteiger partial charge in [0.1, 0.15) is 0 Å². The molecule has 1 aliphatic heterocycles. The van der Waals surface area contributed by atoms with Gasteiger partial charge in [-0.1, -0.05) is 18.2 Å². The monoisotopic (exact) mass is 474 g/mol. The second-order valence-electron chi connectivity index (χ2n) is 6.93. The van der Waals surface area contributed by atoms with Gasteiger partial charge in [-0.05, 0) is 32.9 Å². The number of rotatable bonds is 11. The molecule has 0 spiro atoms. The second-order valence-corrected chi connectivity index (χ2v) is 8.93. The molecule has 1 N–H and O–H groups in total. The van der Waals surface area contributed by atoms with Gasteiger partial charge in [0.15, 0.2) is 18.1 Å². The molecule has 2 unspecified atom stereocenters. The van der Waals surface area contributed by atoms with E-state index in [1.807, 2.05) is 0 Å². The van der Waals surface area contributed by atoms with Gasteiger partial charge < -0.3 is 33.1 Å². The van der Waals surface area contributed by atoms with Crippen LogP contribution in [0.1, 0.15) is 38.1 Å². The molecular formula is C20H27O11P. The van der Waals surface area contributed by atoms with Crippen molar-refractivity contribution in [3.8, 4) is 0 Å². The fourth-order valence-electron chi connectivity index (χ4n) is 3.16. The zero-order valence-electron chi connectivity index (χ0n) is 18.2. The number of esters is 2. The zero-order chi connectivity index (χ0) is 23.9. The quantitative estimate of drug-likeness (QED) is 0.373. The average molecular weight is 474 g/mol. The van der Waals surface area contributed by atoms with E-state index in [4.69, 9.17) is 28.0 Å². The molecule has 0 bridgehead atoms. The minimum atomic E-state index is -3.69. The molecule has 0 radical (unpaired) electrons. The topological polar surface area (TPSA) is 144 Å². The Hall–Kier alpha value is -2.30. The minimum absolute atomic E-state index is 0.0731. The first-order chi connectivity index (χ1) is 15.1. The summed E-state index contributed by atoms with van der Waals surface area (Å²) in [7, 11) is -3.69. The molecule has 0 amide bonds. The standard InChI is InChI=1S/C20H27O11P/c1-5-27-32(25,28-6-2)12-26-19-16(29-13(3)21)20(4,15(30-19)17(22)23)31-18(24)14-10-8-7-9-11-14/h7-11,15-16,19H,5-6,12H2,1-4H3,(H,22,23)/t15-,16?,19-,20?/m0/s1. The van der Waals surface area contributed by atoms with Gasteiger partial charge in [-0.25, -0.2) is 9.59 Å². The summed E-state index contributed by atoms with van der Waals surface area (Å²) >= 11 is 0. The third kappa shape index (κ3) is 6.14. The third-order valence-corrected chi connectivity index (χ3v) is 6.26. The zero-order valence-corrected chi connectivity index (χ0v) is 19.1. The molecule has 0 aliphatic carbocycles. The molecule has 32 heavy (non-hydrogen) atoms. The van der Waals surface area contributed by atoms with Gasteiger partial charge in [-0.15, -0.1) is 0 Å². The maximum Gasteiger partial charge on any atom is 0.356 e. The lowest BCUT2D eigenvalue weighted by Gasteiger charge is -2.32. The number of carbonyl (C=O) groups is 3. The molecule has 2 rings (SSSR count). The largest absolute Gasteiger partial charge is 0.479 e. The van der Waals surface area contributed by atoms with Gasteiger partial charge in [0.2, 0.25) is 12.4 Å². The maximum absolute atomic E-state index is 12.7. The minimum Gasteiger partial charge on any atom is -0.479 e. The van der Waals surface area contributed by atoms with E-state index in [1.54, 1.807) is 32.0 Å². The Balaban J connectivity index is 2.33. The molecule has 1 aliphatic rings. The summed E-state index contributed by atoms with van der Waals surface area (Å²) in [6.45, 7) is 5.72. The molecule has 178 valence electrons. The van der Waals surface area contributed by atoms with Crippen molar-refractivity contribution in [1.29, 1.82) is 0 Å². The molecule has 1 fully saturated rings. The molecule has 0 saturated carbocycles. The van der Waals surface area contributed by atoms with E-state index in [0.717, 1.165) is 6.92 Å². The van der Waals surface area contributed by atoms with Gasteiger partial charge in [-0.2, -0.15) is 0 Å². The van der Waals surface area contributed by atoms with Crippen molar-refractivity contribution in [3.05, 3.63) is 35.9 Å². The summed E-state index contributed by atoms with van der Waals surface area (Å²) in [6, 6.07) is 7.86. The van der Waals surface area contributed by atoms with Crippen LogP contribution in [0.5, 0.6) is 0 Å². The summed E-state index contributed by atoms with van der Waals surface area (Å²) in [5.41, 5.74) is -1.81. The van der Waals surface area contributed by atoms with Gasteiger partial charge in [-0.3, -0.25) is 9.36 Å². The summed E-state index contributed by atoms with van der Waals surface area (Å²) in [4.78, 5) is 36.3. The van der Waals surface area contributed by atoms with Crippen LogP contribution in [0.3, 0.4) is 0 Å². The number of carboxylic acids is 1. The number of hydrogen-bond acceptors (Lipinski definition) is 10. The Kier molecular flexibility index (Phi) is 8.94. The number of carbonyl (C=O) groups excluding carboxylic acids is 2. The van der Waals surface area contributed by atoms with Crippen LogP contribution in [0.15, 0.2) is 30.3 Å². The van der Waals surface area contributed by atoms with Crippen molar-refractivity contribution in [3.63, 3.8) is 0 Å². The first kappa shape index (κ1) is 26.0. The van der Waals surface area contributed by atoms with Crippen LogP contribution in [0.2, 0.25) is 0 Å². The molecule has 4 atom stereocenters. The van der Waals surface area contributed by atoms with Gasteiger partial charge in [0.25, 0.3) is 0 Å². The van der Waals surface area contributed by atoms with Crippen LogP contribution in [-0.4, -0.2) is 66.7 Å². The molecular weight excluding hydrogens is 447 g/mol. The summed E-state index contributed by atoms with van der Waals surface area (Å²) in [5, 5.41) is 9.68. The highest BCUT2D eigenvalue weighted by molar-refractivity contribution is 7.53. The van der Waals surface area contributed by atoms with Crippen molar-refractivity contribution >= 4 is 25.5 Å². The average Bonchev–Trinajstić information content (AvgIpc) is 2.99. The van der Waals surface area contributed by atoms with Crippen LogP contribution in [0.4, 0.5) is 0 Å². The normalized spacial score (nSPS) is 25.3. The highest BCUT2D eigenvalue weighted by Crippen LogP contribution is 2.49. The second kappa shape index (κ2) is 11.0. The number of carboxylic acid groups (broad SMARTS) is 1. The SMILES string of the molecule is CCOP(=O)(CO[C@H]1O[C@@H](C(=O)O)C(C)(OC(=O)c2ccccc2)C1OC(C)=O)OCC.